The molecule has 0 spiro atoms. The van der Waals surface area contributed by atoms with Crippen molar-refractivity contribution in [2.75, 3.05) is 32.8 Å². The van der Waals surface area contributed by atoms with Gasteiger partial charge >= 0.3 is 0 Å². The lowest BCUT2D eigenvalue weighted by atomic mass is 9.84. The van der Waals surface area contributed by atoms with Crippen LogP contribution in [0.25, 0.3) is 0 Å². The molecular weight excluding hydrogens is 316 g/mol. The minimum Gasteiger partial charge on any atom is -0.494 e. The Kier molecular flexibility index (Phi) is 5.95. The van der Waals surface area contributed by atoms with Gasteiger partial charge in [-0.25, -0.2) is 0 Å². The zero-order valence-corrected chi connectivity index (χ0v) is 15.1. The minimum atomic E-state index is 0.141. The van der Waals surface area contributed by atoms with E-state index >= 15 is 0 Å². The third-order valence-electron chi connectivity index (χ3n) is 5.20. The Hall–Kier alpha value is -2.04. The Bertz CT molecular complexity index is 595. The number of hydrogen-bond donors (Lipinski definition) is 0. The topological polar surface area (TPSA) is 49.9 Å². The fourth-order valence-electron chi connectivity index (χ4n) is 3.46. The van der Waals surface area contributed by atoms with E-state index in [2.05, 4.69) is 0 Å². The van der Waals surface area contributed by atoms with Crippen LogP contribution < -0.4 is 4.74 Å². The quantitative estimate of drug-likeness (QED) is 0.825. The van der Waals surface area contributed by atoms with Crippen molar-refractivity contribution in [2.45, 2.75) is 39.0 Å². The van der Waals surface area contributed by atoms with E-state index in [0.717, 1.165) is 43.7 Å². The lowest BCUT2D eigenvalue weighted by molar-refractivity contribution is -0.138. The van der Waals surface area contributed by atoms with Crippen LogP contribution in [0.2, 0.25) is 0 Å². The van der Waals surface area contributed by atoms with Crippen LogP contribution in [-0.2, 0) is 16.0 Å². The molecule has 0 bridgehead atoms. The highest BCUT2D eigenvalue weighted by atomic mass is 16.5. The molecule has 0 aromatic heterocycles. The van der Waals surface area contributed by atoms with E-state index in [0.29, 0.717) is 32.0 Å². The average Bonchev–Trinajstić information content (AvgIpc) is 2.81. The van der Waals surface area contributed by atoms with Crippen LogP contribution in [0, 0.1) is 5.92 Å². The molecule has 1 heterocycles. The predicted molar refractivity (Wildman–Crippen MR) is 96.4 cm³/mol. The smallest absolute Gasteiger partial charge is 0.227 e. The standard InChI is InChI=1S/C20H28N2O3/c1-2-25-18-9-7-16(8-10-18)15-19(23)21-11-4-12-22(14-13-21)20(24)17-5-3-6-17/h7-10,17H,2-6,11-15H2,1H3. The van der Waals surface area contributed by atoms with Crippen LogP contribution in [0.3, 0.4) is 0 Å². The molecule has 136 valence electrons. The number of amides is 2. The monoisotopic (exact) mass is 344 g/mol. The number of rotatable bonds is 5. The van der Waals surface area contributed by atoms with Crippen LogP contribution in [0.4, 0.5) is 0 Å². The molecule has 25 heavy (non-hydrogen) atoms. The van der Waals surface area contributed by atoms with Crippen molar-refractivity contribution < 1.29 is 14.3 Å². The molecule has 2 amide bonds. The van der Waals surface area contributed by atoms with E-state index in [1.807, 2.05) is 41.0 Å². The van der Waals surface area contributed by atoms with Crippen LogP contribution in [-0.4, -0.2) is 54.4 Å². The highest BCUT2D eigenvalue weighted by molar-refractivity contribution is 5.80. The molecule has 0 N–H and O–H groups in total. The molecule has 2 aliphatic rings. The molecule has 5 nitrogen and oxygen atoms in total. The summed E-state index contributed by atoms with van der Waals surface area (Å²) in [4.78, 5) is 28.9. The van der Waals surface area contributed by atoms with Gasteiger partial charge in [-0.05, 0) is 43.9 Å². The summed E-state index contributed by atoms with van der Waals surface area (Å²) in [5.41, 5.74) is 1.00. The van der Waals surface area contributed by atoms with Gasteiger partial charge in [0.15, 0.2) is 0 Å². The molecule has 3 rings (SSSR count). The number of carbonyl (C=O) groups is 2. The van der Waals surface area contributed by atoms with Crippen molar-refractivity contribution in [3.8, 4) is 5.75 Å². The van der Waals surface area contributed by atoms with Gasteiger partial charge in [0.25, 0.3) is 0 Å². The summed E-state index contributed by atoms with van der Waals surface area (Å²) < 4.78 is 5.43. The fourth-order valence-corrected chi connectivity index (χ4v) is 3.46. The Labute approximate surface area is 149 Å². The molecule has 1 aromatic rings. The van der Waals surface area contributed by atoms with Crippen LogP contribution in [0.1, 0.15) is 38.2 Å². The Balaban J connectivity index is 1.51. The van der Waals surface area contributed by atoms with Gasteiger partial charge in [-0.3, -0.25) is 9.59 Å². The van der Waals surface area contributed by atoms with E-state index in [1.165, 1.54) is 6.42 Å². The van der Waals surface area contributed by atoms with Gasteiger partial charge in [0.2, 0.25) is 11.8 Å². The summed E-state index contributed by atoms with van der Waals surface area (Å²) in [6.45, 7) is 5.43. The molecule has 1 aliphatic heterocycles. The average molecular weight is 344 g/mol. The first kappa shape index (κ1) is 17.8. The normalized spacial score (nSPS) is 18.4. The highest BCUT2D eigenvalue weighted by Crippen LogP contribution is 2.28. The summed E-state index contributed by atoms with van der Waals surface area (Å²) in [7, 11) is 0. The van der Waals surface area contributed by atoms with Gasteiger partial charge in [-0.15, -0.1) is 0 Å². The molecule has 2 fully saturated rings. The molecule has 1 saturated heterocycles. The van der Waals surface area contributed by atoms with Crippen molar-refractivity contribution in [3.63, 3.8) is 0 Å². The van der Waals surface area contributed by atoms with Gasteiger partial charge in [0.05, 0.1) is 13.0 Å². The number of benzene rings is 1. The second-order valence-corrected chi connectivity index (χ2v) is 6.94. The van der Waals surface area contributed by atoms with Crippen molar-refractivity contribution in [3.05, 3.63) is 29.8 Å². The fraction of sp³-hybridized carbons (Fsp3) is 0.600. The van der Waals surface area contributed by atoms with Crippen LogP contribution in [0.15, 0.2) is 24.3 Å². The first-order valence-electron chi connectivity index (χ1n) is 9.45. The van der Waals surface area contributed by atoms with Gasteiger partial charge in [0.1, 0.15) is 5.75 Å². The second-order valence-electron chi connectivity index (χ2n) is 6.94. The van der Waals surface area contributed by atoms with Gasteiger partial charge in [0, 0.05) is 32.1 Å². The maximum Gasteiger partial charge on any atom is 0.227 e. The Morgan fingerprint density at radius 1 is 1.00 bits per heavy atom. The predicted octanol–water partition coefficient (Wildman–Crippen LogP) is 2.49. The van der Waals surface area contributed by atoms with Crippen LogP contribution >= 0.6 is 0 Å². The number of ether oxygens (including phenoxy) is 1. The van der Waals surface area contributed by atoms with Crippen LogP contribution in [0.5, 0.6) is 5.75 Å². The van der Waals surface area contributed by atoms with Gasteiger partial charge < -0.3 is 14.5 Å². The Morgan fingerprint density at radius 3 is 2.32 bits per heavy atom. The van der Waals surface area contributed by atoms with Crippen molar-refractivity contribution in [2.24, 2.45) is 5.92 Å². The zero-order valence-electron chi connectivity index (χ0n) is 15.1. The summed E-state index contributed by atoms with van der Waals surface area (Å²) in [6.07, 6.45) is 4.53. The van der Waals surface area contributed by atoms with E-state index in [1.54, 1.807) is 0 Å². The number of hydrogen-bond acceptors (Lipinski definition) is 3. The van der Waals surface area contributed by atoms with E-state index in [4.69, 9.17) is 4.74 Å². The van der Waals surface area contributed by atoms with Gasteiger partial charge in [-0.1, -0.05) is 18.6 Å². The third-order valence-corrected chi connectivity index (χ3v) is 5.20. The molecule has 0 radical (unpaired) electrons. The maximum absolute atomic E-state index is 12.6. The van der Waals surface area contributed by atoms with Crippen molar-refractivity contribution in [1.82, 2.24) is 9.80 Å². The molecule has 1 saturated carbocycles. The van der Waals surface area contributed by atoms with E-state index < -0.39 is 0 Å². The third kappa shape index (κ3) is 4.53. The summed E-state index contributed by atoms with van der Waals surface area (Å²) in [5, 5.41) is 0. The zero-order chi connectivity index (χ0) is 17.6. The number of nitrogens with zero attached hydrogens (tertiary/aromatic N) is 2. The molecule has 1 aliphatic carbocycles. The minimum absolute atomic E-state index is 0.141. The van der Waals surface area contributed by atoms with Crippen molar-refractivity contribution >= 4 is 11.8 Å². The summed E-state index contributed by atoms with van der Waals surface area (Å²) >= 11 is 0. The first-order valence-corrected chi connectivity index (χ1v) is 9.45. The lowest BCUT2D eigenvalue weighted by Crippen LogP contribution is -2.41. The molecular formula is C20H28N2O3. The van der Waals surface area contributed by atoms with E-state index in [-0.39, 0.29) is 11.8 Å². The summed E-state index contributed by atoms with van der Waals surface area (Å²) in [5.74, 6) is 1.51. The highest BCUT2D eigenvalue weighted by Gasteiger charge is 2.30. The first-order chi connectivity index (χ1) is 12.2. The van der Waals surface area contributed by atoms with Crippen molar-refractivity contribution in [1.29, 1.82) is 0 Å². The second kappa shape index (κ2) is 8.37. The number of carbonyl (C=O) groups excluding carboxylic acids is 2. The Morgan fingerprint density at radius 2 is 1.68 bits per heavy atom. The lowest BCUT2D eigenvalue weighted by Gasteiger charge is -2.31. The summed E-state index contributed by atoms with van der Waals surface area (Å²) in [6, 6.07) is 7.72. The molecule has 1 aromatic carbocycles. The molecule has 0 unspecified atom stereocenters. The molecule has 0 atom stereocenters. The van der Waals surface area contributed by atoms with E-state index in [9.17, 15) is 9.59 Å². The maximum atomic E-state index is 12.6. The molecule has 5 heteroatoms. The SMILES string of the molecule is CCOc1ccc(CC(=O)N2CCCN(C(=O)C3CCC3)CC2)cc1. The van der Waals surface area contributed by atoms with Gasteiger partial charge in [-0.2, -0.15) is 0 Å². The largest absolute Gasteiger partial charge is 0.494 e.